The van der Waals surface area contributed by atoms with E-state index in [4.69, 9.17) is 10.1 Å². The highest BCUT2D eigenvalue weighted by Crippen LogP contribution is 2.30. The lowest BCUT2D eigenvalue weighted by atomic mass is 9.94. The van der Waals surface area contributed by atoms with Crippen LogP contribution in [0.2, 0.25) is 0 Å². The number of hydrogen-bond donors (Lipinski definition) is 0. The average Bonchev–Trinajstić information content (AvgIpc) is 3.45. The molecule has 0 amide bonds. The van der Waals surface area contributed by atoms with Gasteiger partial charge in [-0.05, 0) is 63.1 Å². The van der Waals surface area contributed by atoms with Crippen LogP contribution >= 0.6 is 0 Å². The molecule has 1 aliphatic rings. The molecule has 1 aliphatic heterocycles. The zero-order valence-corrected chi connectivity index (χ0v) is 22.6. The number of fused-ring (bicyclic) bond motifs is 1. The first-order valence-corrected chi connectivity index (χ1v) is 14.3. The van der Waals surface area contributed by atoms with E-state index in [-0.39, 0.29) is 22.8 Å². The summed E-state index contributed by atoms with van der Waals surface area (Å²) in [7, 11) is -1.16. The number of ether oxygens (including phenoxy) is 1. The lowest BCUT2D eigenvalue weighted by Crippen LogP contribution is -2.51. The SMILES string of the molecule is Cn1cc(-n2nc(CCC(C)(C)N3CCS(=O)(=O)CC3)c3ccc(-c4ccc(OC(F)(F)F)cc4)nc32)cn1. The normalized spacial score (nSPS) is 16.6. The molecule has 0 N–H and O–H groups in total. The van der Waals surface area contributed by atoms with Gasteiger partial charge in [0.05, 0.1) is 35.3 Å². The highest BCUT2D eigenvalue weighted by atomic mass is 32.2. The molecular formula is C26H29F3N6O3S. The van der Waals surface area contributed by atoms with Crippen LogP contribution in [0.1, 0.15) is 26.0 Å². The van der Waals surface area contributed by atoms with Gasteiger partial charge in [0.25, 0.3) is 0 Å². The maximum atomic E-state index is 12.5. The van der Waals surface area contributed by atoms with Gasteiger partial charge in [-0.1, -0.05) is 0 Å². The molecular weight excluding hydrogens is 533 g/mol. The van der Waals surface area contributed by atoms with E-state index in [1.165, 1.54) is 24.3 Å². The van der Waals surface area contributed by atoms with Crippen molar-refractivity contribution in [1.29, 1.82) is 0 Å². The van der Waals surface area contributed by atoms with Crippen LogP contribution in [0.4, 0.5) is 13.2 Å². The second-order valence-corrected chi connectivity index (χ2v) is 12.6. The Balaban J connectivity index is 1.45. The molecule has 4 aromatic rings. The third kappa shape index (κ3) is 6.09. The van der Waals surface area contributed by atoms with Crippen molar-refractivity contribution in [3.8, 4) is 22.7 Å². The van der Waals surface area contributed by atoms with E-state index >= 15 is 0 Å². The number of hydrogen-bond acceptors (Lipinski definition) is 7. The van der Waals surface area contributed by atoms with Gasteiger partial charge in [0, 0.05) is 36.6 Å². The molecule has 0 bridgehead atoms. The van der Waals surface area contributed by atoms with Gasteiger partial charge in [-0.25, -0.2) is 18.1 Å². The molecule has 0 atom stereocenters. The monoisotopic (exact) mass is 562 g/mol. The van der Waals surface area contributed by atoms with Crippen LogP contribution in [0.3, 0.4) is 0 Å². The first-order valence-electron chi connectivity index (χ1n) is 12.5. The van der Waals surface area contributed by atoms with Crippen molar-refractivity contribution in [1.82, 2.24) is 29.4 Å². The van der Waals surface area contributed by atoms with Crippen LogP contribution in [0, 0.1) is 0 Å². The molecule has 13 heteroatoms. The molecule has 0 spiro atoms. The maximum absolute atomic E-state index is 12.5. The Kier molecular flexibility index (Phi) is 6.91. The minimum absolute atomic E-state index is 0.172. The lowest BCUT2D eigenvalue weighted by Gasteiger charge is -2.40. The Hall–Kier alpha value is -3.45. The smallest absolute Gasteiger partial charge is 0.406 e. The number of aromatic nitrogens is 5. The zero-order valence-electron chi connectivity index (χ0n) is 21.8. The Morgan fingerprint density at radius 2 is 1.72 bits per heavy atom. The molecule has 0 unspecified atom stereocenters. The Morgan fingerprint density at radius 1 is 1.03 bits per heavy atom. The van der Waals surface area contributed by atoms with Crippen LogP contribution < -0.4 is 4.74 Å². The molecule has 0 aliphatic carbocycles. The Bertz CT molecular complexity index is 1580. The highest BCUT2D eigenvalue weighted by molar-refractivity contribution is 7.91. The molecule has 9 nitrogen and oxygen atoms in total. The standard InChI is InChI=1S/C26H29F3N6O3S/c1-25(2,34-12-14-39(36,37)15-13-34)11-10-23-21-8-9-22(18-4-6-20(7-5-18)38-26(27,28)29)31-24(21)35(32-23)19-16-30-33(3)17-19/h4-9,16-17H,10-15H2,1-3H3. The summed E-state index contributed by atoms with van der Waals surface area (Å²) in [4.78, 5) is 7.05. The largest absolute Gasteiger partial charge is 0.573 e. The predicted molar refractivity (Wildman–Crippen MR) is 140 cm³/mol. The van der Waals surface area contributed by atoms with Crippen molar-refractivity contribution in [2.45, 2.75) is 38.6 Å². The first-order chi connectivity index (χ1) is 18.3. The number of benzene rings is 1. The zero-order chi connectivity index (χ0) is 28.0. The molecule has 1 saturated heterocycles. The van der Waals surface area contributed by atoms with E-state index in [2.05, 4.69) is 28.6 Å². The number of nitrogens with zero attached hydrogens (tertiary/aromatic N) is 6. The van der Waals surface area contributed by atoms with Gasteiger partial charge in [0.1, 0.15) is 11.4 Å². The third-order valence-electron chi connectivity index (χ3n) is 7.10. The van der Waals surface area contributed by atoms with Crippen molar-refractivity contribution in [3.05, 3.63) is 54.5 Å². The summed E-state index contributed by atoms with van der Waals surface area (Å²) in [5, 5.41) is 9.99. The van der Waals surface area contributed by atoms with Gasteiger partial charge in [0.15, 0.2) is 15.5 Å². The molecule has 39 heavy (non-hydrogen) atoms. The second kappa shape index (κ2) is 9.94. The molecule has 4 heterocycles. The summed E-state index contributed by atoms with van der Waals surface area (Å²) in [5.74, 6) is 0.0413. The number of sulfone groups is 1. The minimum atomic E-state index is -4.76. The highest BCUT2D eigenvalue weighted by Gasteiger charge is 2.33. The number of rotatable bonds is 7. The summed E-state index contributed by atoms with van der Waals surface area (Å²) in [6, 6.07) is 9.32. The fourth-order valence-corrected chi connectivity index (χ4v) is 6.03. The number of pyridine rings is 1. The molecule has 3 aromatic heterocycles. The van der Waals surface area contributed by atoms with Crippen molar-refractivity contribution in [2.24, 2.45) is 7.05 Å². The van der Waals surface area contributed by atoms with E-state index in [0.29, 0.717) is 36.4 Å². The van der Waals surface area contributed by atoms with Gasteiger partial charge < -0.3 is 4.74 Å². The number of halogens is 3. The molecule has 208 valence electrons. The number of alkyl halides is 3. The molecule has 1 fully saturated rings. The van der Waals surface area contributed by atoms with Crippen LogP contribution in [0.15, 0.2) is 48.8 Å². The van der Waals surface area contributed by atoms with Crippen LogP contribution in [0.5, 0.6) is 5.75 Å². The van der Waals surface area contributed by atoms with Gasteiger partial charge in [-0.3, -0.25) is 9.58 Å². The van der Waals surface area contributed by atoms with Crippen molar-refractivity contribution in [3.63, 3.8) is 0 Å². The van der Waals surface area contributed by atoms with Crippen molar-refractivity contribution in [2.75, 3.05) is 24.6 Å². The fraction of sp³-hybridized carbons (Fsp3) is 0.423. The fourth-order valence-electron chi connectivity index (χ4n) is 4.83. The van der Waals surface area contributed by atoms with Crippen LogP contribution in [-0.2, 0) is 23.3 Å². The molecule has 0 radical (unpaired) electrons. The van der Waals surface area contributed by atoms with Crippen molar-refractivity contribution >= 4 is 20.9 Å². The van der Waals surface area contributed by atoms with Gasteiger partial charge in [0.2, 0.25) is 0 Å². The number of aryl methyl sites for hydroxylation is 2. The van der Waals surface area contributed by atoms with E-state index in [0.717, 1.165) is 23.2 Å². The summed E-state index contributed by atoms with van der Waals surface area (Å²) < 4.78 is 68.8. The molecule has 5 rings (SSSR count). The van der Waals surface area contributed by atoms with Crippen LogP contribution in [-0.4, -0.2) is 74.4 Å². The van der Waals surface area contributed by atoms with Crippen LogP contribution in [0.25, 0.3) is 28.0 Å². The van der Waals surface area contributed by atoms with E-state index in [9.17, 15) is 21.6 Å². The first kappa shape index (κ1) is 27.1. The van der Waals surface area contributed by atoms with E-state index in [1.807, 2.05) is 18.3 Å². The van der Waals surface area contributed by atoms with Crippen molar-refractivity contribution < 1.29 is 26.3 Å². The summed E-state index contributed by atoms with van der Waals surface area (Å²) in [6.45, 7) is 5.26. The third-order valence-corrected chi connectivity index (χ3v) is 8.71. The average molecular weight is 563 g/mol. The second-order valence-electron chi connectivity index (χ2n) is 10.3. The lowest BCUT2D eigenvalue weighted by molar-refractivity contribution is -0.274. The summed E-state index contributed by atoms with van der Waals surface area (Å²) in [5.41, 5.74) is 3.16. The quantitative estimate of drug-likeness (QED) is 0.334. The van der Waals surface area contributed by atoms with Gasteiger partial charge in [-0.2, -0.15) is 10.2 Å². The van der Waals surface area contributed by atoms with E-state index < -0.39 is 16.2 Å². The Labute approximate surface area is 224 Å². The van der Waals surface area contributed by atoms with Gasteiger partial charge in [-0.15, -0.1) is 13.2 Å². The van der Waals surface area contributed by atoms with Gasteiger partial charge >= 0.3 is 6.36 Å². The topological polar surface area (TPSA) is 95.1 Å². The minimum Gasteiger partial charge on any atom is -0.406 e. The Morgan fingerprint density at radius 3 is 2.33 bits per heavy atom. The van der Waals surface area contributed by atoms with E-state index in [1.54, 1.807) is 22.6 Å². The summed E-state index contributed by atoms with van der Waals surface area (Å²) >= 11 is 0. The predicted octanol–water partition coefficient (Wildman–Crippen LogP) is 4.16. The molecule has 1 aromatic carbocycles. The summed E-state index contributed by atoms with van der Waals surface area (Å²) in [6.07, 6.45) is 0.155. The molecule has 0 saturated carbocycles. The maximum Gasteiger partial charge on any atom is 0.573 e.